The van der Waals surface area contributed by atoms with E-state index in [2.05, 4.69) is 38.1 Å². The smallest absolute Gasteiger partial charge is 0.130 e. The largest absolute Gasteiger partial charge is 0.493 e. The van der Waals surface area contributed by atoms with Crippen molar-refractivity contribution in [2.45, 2.75) is 64.2 Å². The van der Waals surface area contributed by atoms with E-state index in [0.717, 1.165) is 75.0 Å². The topological polar surface area (TPSA) is 18.5 Å². The van der Waals surface area contributed by atoms with E-state index in [0.29, 0.717) is 0 Å². The van der Waals surface area contributed by atoms with Crippen LogP contribution in [0.4, 0.5) is 0 Å². The number of hydrogen-bond donors (Lipinski definition) is 0. The molecule has 2 aromatic rings. The molecule has 1 unspecified atom stereocenters. The summed E-state index contributed by atoms with van der Waals surface area (Å²) in [6.07, 6.45) is 7.27. The Morgan fingerprint density at radius 1 is 0.920 bits per heavy atom. The summed E-state index contributed by atoms with van der Waals surface area (Å²) < 4.78 is 12.5. The number of alkyl halides is 1. The second kappa shape index (κ2) is 8.80. The van der Waals surface area contributed by atoms with Crippen LogP contribution in [0.25, 0.3) is 10.8 Å². The van der Waals surface area contributed by atoms with E-state index in [1.165, 1.54) is 16.5 Å². The molecule has 2 aromatic carbocycles. The van der Waals surface area contributed by atoms with E-state index in [1.807, 2.05) is 0 Å². The lowest BCUT2D eigenvalue weighted by Crippen LogP contribution is -2.17. The molecule has 0 radical (unpaired) electrons. The predicted molar refractivity (Wildman–Crippen MR) is 106 cm³/mol. The highest BCUT2D eigenvalue weighted by Gasteiger charge is 2.27. The van der Waals surface area contributed by atoms with Crippen LogP contribution in [0.15, 0.2) is 24.3 Å². The van der Waals surface area contributed by atoms with Gasteiger partial charge in [-0.15, -0.1) is 11.6 Å². The van der Waals surface area contributed by atoms with Crippen molar-refractivity contribution >= 4 is 22.4 Å². The number of benzene rings is 2. The van der Waals surface area contributed by atoms with Crippen molar-refractivity contribution in [1.29, 1.82) is 0 Å². The van der Waals surface area contributed by atoms with Crippen LogP contribution in [-0.4, -0.2) is 18.6 Å². The van der Waals surface area contributed by atoms with Crippen LogP contribution in [-0.2, 0) is 12.8 Å². The number of ether oxygens (including phenoxy) is 2. The number of unbranched alkanes of at least 4 members (excludes halogenated alkanes) is 2. The fraction of sp³-hybridized carbons (Fsp3) is 0.545. The number of rotatable bonds is 8. The third-order valence-electron chi connectivity index (χ3n) is 4.95. The summed E-state index contributed by atoms with van der Waals surface area (Å²) in [6, 6.07) is 8.49. The Kier molecular flexibility index (Phi) is 6.47. The number of hydrogen-bond acceptors (Lipinski definition) is 2. The molecule has 3 heteroatoms. The third-order valence-corrected chi connectivity index (χ3v) is 5.32. The number of fused-ring (bicyclic) bond motifs is 2. The zero-order chi connectivity index (χ0) is 17.6. The molecule has 1 atom stereocenters. The van der Waals surface area contributed by atoms with Crippen molar-refractivity contribution in [2.24, 2.45) is 0 Å². The molecule has 0 aromatic heterocycles. The molecule has 3 rings (SSSR count). The van der Waals surface area contributed by atoms with Crippen molar-refractivity contribution in [3.63, 3.8) is 0 Å². The zero-order valence-electron chi connectivity index (χ0n) is 15.4. The second-order valence-electron chi connectivity index (χ2n) is 6.91. The molecule has 2 nitrogen and oxygen atoms in total. The maximum atomic E-state index is 6.51. The number of halogens is 1. The highest BCUT2D eigenvalue weighted by Crippen LogP contribution is 2.45. The molecule has 0 bridgehead atoms. The minimum Gasteiger partial charge on any atom is -0.493 e. The Bertz CT molecular complexity index is 711. The van der Waals surface area contributed by atoms with Gasteiger partial charge in [0, 0.05) is 27.3 Å². The van der Waals surface area contributed by atoms with E-state index in [-0.39, 0.29) is 5.38 Å². The van der Waals surface area contributed by atoms with Crippen LogP contribution in [0.3, 0.4) is 0 Å². The van der Waals surface area contributed by atoms with Gasteiger partial charge in [-0.1, -0.05) is 51.0 Å². The van der Waals surface area contributed by atoms with E-state index >= 15 is 0 Å². The maximum absolute atomic E-state index is 6.51. The summed E-state index contributed by atoms with van der Waals surface area (Å²) in [5, 5.41) is 2.53. The summed E-state index contributed by atoms with van der Waals surface area (Å²) in [6.45, 7) is 5.92. The van der Waals surface area contributed by atoms with Crippen LogP contribution >= 0.6 is 11.6 Å². The Labute approximate surface area is 156 Å². The van der Waals surface area contributed by atoms with Crippen molar-refractivity contribution < 1.29 is 9.47 Å². The third kappa shape index (κ3) is 4.06. The van der Waals surface area contributed by atoms with Crippen molar-refractivity contribution in [1.82, 2.24) is 0 Å². The lowest BCUT2D eigenvalue weighted by Gasteiger charge is -2.27. The van der Waals surface area contributed by atoms with Gasteiger partial charge in [0.2, 0.25) is 0 Å². The highest BCUT2D eigenvalue weighted by molar-refractivity contribution is 6.21. The van der Waals surface area contributed by atoms with Crippen molar-refractivity contribution in [3.05, 3.63) is 35.4 Å². The first-order valence-electron chi connectivity index (χ1n) is 9.72. The molecule has 0 N–H and O–H groups in total. The Morgan fingerprint density at radius 3 is 2.04 bits per heavy atom. The average molecular weight is 361 g/mol. The quantitative estimate of drug-likeness (QED) is 0.406. The molecular formula is C22H29ClO2. The van der Waals surface area contributed by atoms with E-state index in [9.17, 15) is 0 Å². The van der Waals surface area contributed by atoms with Gasteiger partial charge in [0.1, 0.15) is 11.5 Å². The lowest BCUT2D eigenvalue weighted by atomic mass is 9.87. The standard InChI is InChI=1S/C22H29ClO2/c1-3-5-13-24-21-17-9-7-8-10-18(17)22(25-14-6-4-2)20-15-16(23)11-12-19(20)21/h7-10,16H,3-6,11-15H2,1-2H3. The summed E-state index contributed by atoms with van der Waals surface area (Å²) in [4.78, 5) is 0. The second-order valence-corrected chi connectivity index (χ2v) is 7.52. The molecular weight excluding hydrogens is 332 g/mol. The molecule has 0 saturated carbocycles. The van der Waals surface area contributed by atoms with Crippen molar-refractivity contribution in [2.75, 3.05) is 13.2 Å². The molecule has 1 aliphatic rings. The monoisotopic (exact) mass is 360 g/mol. The van der Waals surface area contributed by atoms with Gasteiger partial charge in [0.15, 0.2) is 0 Å². The van der Waals surface area contributed by atoms with Crippen LogP contribution in [0.1, 0.15) is 57.1 Å². The van der Waals surface area contributed by atoms with E-state index < -0.39 is 0 Å². The van der Waals surface area contributed by atoms with E-state index in [1.54, 1.807) is 0 Å². The van der Waals surface area contributed by atoms with Gasteiger partial charge in [-0.2, -0.15) is 0 Å². The Morgan fingerprint density at radius 2 is 1.48 bits per heavy atom. The summed E-state index contributed by atoms with van der Waals surface area (Å²) in [5.74, 6) is 2.10. The molecule has 0 spiro atoms. The lowest BCUT2D eigenvalue weighted by molar-refractivity contribution is 0.299. The van der Waals surface area contributed by atoms with E-state index in [4.69, 9.17) is 21.1 Å². The van der Waals surface area contributed by atoms with Crippen molar-refractivity contribution in [3.8, 4) is 11.5 Å². The van der Waals surface area contributed by atoms with Gasteiger partial charge in [-0.25, -0.2) is 0 Å². The normalized spacial score (nSPS) is 16.7. The van der Waals surface area contributed by atoms with Gasteiger partial charge < -0.3 is 9.47 Å². The molecule has 1 aliphatic carbocycles. The predicted octanol–water partition coefficient (Wildman–Crippen LogP) is 6.29. The molecule has 25 heavy (non-hydrogen) atoms. The molecule has 0 aliphatic heterocycles. The van der Waals surface area contributed by atoms with Gasteiger partial charge in [-0.3, -0.25) is 0 Å². The van der Waals surface area contributed by atoms with Crippen LogP contribution in [0.2, 0.25) is 0 Å². The first kappa shape index (κ1) is 18.4. The molecule has 0 amide bonds. The summed E-state index contributed by atoms with van der Waals surface area (Å²) in [5.41, 5.74) is 2.59. The molecule has 0 saturated heterocycles. The van der Waals surface area contributed by atoms with Gasteiger partial charge in [-0.05, 0) is 32.1 Å². The maximum Gasteiger partial charge on any atom is 0.130 e. The van der Waals surface area contributed by atoms with Gasteiger partial charge >= 0.3 is 0 Å². The average Bonchev–Trinajstić information content (AvgIpc) is 2.63. The first-order valence-corrected chi connectivity index (χ1v) is 10.2. The van der Waals surface area contributed by atoms with Crippen LogP contribution in [0.5, 0.6) is 11.5 Å². The van der Waals surface area contributed by atoms with Crippen LogP contribution in [0, 0.1) is 0 Å². The fourth-order valence-electron chi connectivity index (χ4n) is 3.55. The summed E-state index contributed by atoms with van der Waals surface area (Å²) in [7, 11) is 0. The fourth-order valence-corrected chi connectivity index (χ4v) is 3.81. The zero-order valence-corrected chi connectivity index (χ0v) is 16.2. The minimum atomic E-state index is 0.186. The first-order chi connectivity index (χ1) is 12.3. The minimum absolute atomic E-state index is 0.186. The van der Waals surface area contributed by atoms with Gasteiger partial charge in [0.05, 0.1) is 13.2 Å². The Hall–Kier alpha value is -1.41. The Balaban J connectivity index is 2.10. The SMILES string of the molecule is CCCCOc1c2c(c(OCCCC)c3ccccc13)CC(Cl)CC2. The summed E-state index contributed by atoms with van der Waals surface area (Å²) >= 11 is 6.51. The molecule has 0 heterocycles. The van der Waals surface area contributed by atoms with Crippen LogP contribution < -0.4 is 9.47 Å². The highest BCUT2D eigenvalue weighted by atomic mass is 35.5. The molecule has 136 valence electrons. The van der Waals surface area contributed by atoms with Gasteiger partial charge in [0.25, 0.3) is 0 Å². The molecule has 0 fully saturated rings.